The lowest BCUT2D eigenvalue weighted by molar-refractivity contribution is -0.889. The highest BCUT2D eigenvalue weighted by molar-refractivity contribution is 5.70. The van der Waals surface area contributed by atoms with Gasteiger partial charge in [-0.2, -0.15) is 0 Å². The number of carbonyl (C=O) groups is 3. The summed E-state index contributed by atoms with van der Waals surface area (Å²) >= 11 is 0. The molecule has 0 radical (unpaired) electrons. The van der Waals surface area contributed by atoms with Gasteiger partial charge in [0.1, 0.15) is 12.6 Å². The van der Waals surface area contributed by atoms with Crippen molar-refractivity contribution in [2.75, 3.05) is 41.0 Å². The lowest BCUT2D eigenvalue weighted by Gasteiger charge is -2.34. The fourth-order valence-electron chi connectivity index (χ4n) is 7.15. The number of carbonyl (C=O) groups excluding carboxylic acids is 3. The first-order chi connectivity index (χ1) is 30.6. The Balaban J connectivity index is 4.28. The smallest absolute Gasteiger partial charge is 0.306 e. The molecular weight excluding hydrogens is 787 g/mol. The first-order valence-electron chi connectivity index (χ1n) is 25.5. The normalized spacial score (nSPS) is 13.5. The maximum absolute atomic E-state index is 12.8. The van der Waals surface area contributed by atoms with Gasteiger partial charge in [-0.15, -0.1) is 0 Å². The van der Waals surface area contributed by atoms with Crippen LogP contribution in [0.4, 0.5) is 0 Å². The molecule has 0 saturated heterocycles. The summed E-state index contributed by atoms with van der Waals surface area (Å²) in [5.74, 6) is -1.75. The van der Waals surface area contributed by atoms with Crippen LogP contribution in [-0.4, -0.2) is 75.5 Å². The molecule has 0 aromatic heterocycles. The predicted molar refractivity (Wildman–Crippen MR) is 263 cm³/mol. The predicted octanol–water partition coefficient (Wildman–Crippen LogP) is 13.4. The maximum atomic E-state index is 12.8. The first-order valence-corrected chi connectivity index (χ1v) is 25.5. The third-order valence-electron chi connectivity index (χ3n) is 11.1. The average Bonchev–Trinajstić information content (AvgIpc) is 3.24. The molecule has 0 amide bonds. The number of aliphatic carboxylic acids is 1. The van der Waals surface area contributed by atoms with Crippen molar-refractivity contribution >= 4 is 17.9 Å². The number of esters is 2. The molecule has 0 saturated carbocycles. The van der Waals surface area contributed by atoms with Gasteiger partial charge in [-0.1, -0.05) is 177 Å². The highest BCUT2D eigenvalue weighted by Crippen LogP contribution is 2.14. The van der Waals surface area contributed by atoms with Crippen LogP contribution < -0.4 is 5.11 Å². The van der Waals surface area contributed by atoms with Crippen molar-refractivity contribution in [2.24, 2.45) is 0 Å². The molecule has 0 bridgehead atoms. The molecule has 0 heterocycles. The van der Waals surface area contributed by atoms with E-state index in [1.54, 1.807) is 21.1 Å². The molecule has 0 fully saturated rings. The summed E-state index contributed by atoms with van der Waals surface area (Å²) < 4.78 is 17.2. The Morgan fingerprint density at radius 2 is 0.889 bits per heavy atom. The summed E-state index contributed by atoms with van der Waals surface area (Å²) in [7, 11) is 5.41. The lowest BCUT2D eigenvalue weighted by atomic mass is 10.1. The van der Waals surface area contributed by atoms with Gasteiger partial charge in [-0.05, 0) is 83.5 Å². The molecule has 0 N–H and O–H groups in total. The van der Waals surface area contributed by atoms with Gasteiger partial charge in [0.25, 0.3) is 0 Å². The van der Waals surface area contributed by atoms with Gasteiger partial charge >= 0.3 is 11.9 Å². The summed E-state index contributed by atoms with van der Waals surface area (Å²) in [6.45, 7) is 4.52. The Morgan fingerprint density at radius 3 is 1.32 bits per heavy atom. The Labute approximate surface area is 387 Å². The van der Waals surface area contributed by atoms with Crippen LogP contribution in [0.25, 0.3) is 0 Å². The van der Waals surface area contributed by atoms with Crippen LogP contribution in [-0.2, 0) is 28.6 Å². The molecule has 0 spiro atoms. The molecule has 2 atom stereocenters. The molecule has 362 valence electrons. The van der Waals surface area contributed by atoms with Crippen LogP contribution in [0.3, 0.4) is 0 Å². The second-order valence-corrected chi connectivity index (χ2v) is 18.0. The molecule has 0 aromatic carbocycles. The van der Waals surface area contributed by atoms with E-state index in [9.17, 15) is 19.5 Å². The molecule has 0 aliphatic rings. The minimum Gasteiger partial charge on any atom is -0.544 e. The zero-order chi connectivity index (χ0) is 46.3. The highest BCUT2D eigenvalue weighted by atomic mass is 16.6. The molecule has 0 aliphatic heterocycles. The minimum absolute atomic E-state index is 0.0331. The van der Waals surface area contributed by atoms with E-state index in [-0.39, 0.29) is 42.7 Å². The lowest BCUT2D eigenvalue weighted by Crippen LogP contribution is -2.55. The second-order valence-electron chi connectivity index (χ2n) is 18.0. The summed E-state index contributed by atoms with van der Waals surface area (Å²) in [4.78, 5) is 37.0. The first kappa shape index (κ1) is 59.8. The van der Waals surface area contributed by atoms with E-state index in [0.717, 1.165) is 83.5 Å². The van der Waals surface area contributed by atoms with Crippen LogP contribution in [0, 0.1) is 0 Å². The second kappa shape index (κ2) is 45.3. The zero-order valence-electron chi connectivity index (χ0n) is 41.2. The number of hydrogen-bond acceptors (Lipinski definition) is 7. The van der Waals surface area contributed by atoms with E-state index >= 15 is 0 Å². The summed E-state index contributed by atoms with van der Waals surface area (Å²) in [6, 6.07) is -0.731. The van der Waals surface area contributed by atoms with E-state index in [1.807, 2.05) is 0 Å². The third-order valence-corrected chi connectivity index (χ3v) is 11.1. The van der Waals surface area contributed by atoms with Crippen molar-refractivity contribution in [3.63, 3.8) is 0 Å². The molecular formula is C55H95NO7. The number of unbranched alkanes of at least 4 members (excludes halogenated alkanes) is 19. The van der Waals surface area contributed by atoms with Crippen LogP contribution >= 0.6 is 0 Å². The van der Waals surface area contributed by atoms with Crippen molar-refractivity contribution in [1.82, 2.24) is 0 Å². The van der Waals surface area contributed by atoms with Gasteiger partial charge in [-0.25, -0.2) is 0 Å². The number of ether oxygens (including phenoxy) is 3. The zero-order valence-corrected chi connectivity index (χ0v) is 41.2. The van der Waals surface area contributed by atoms with Crippen LogP contribution in [0.5, 0.6) is 0 Å². The Kier molecular flexibility index (Phi) is 43.0. The molecule has 8 nitrogen and oxygen atoms in total. The fraction of sp³-hybridized carbons (Fsp3) is 0.727. The highest BCUT2D eigenvalue weighted by Gasteiger charge is 2.25. The molecule has 2 unspecified atom stereocenters. The van der Waals surface area contributed by atoms with Crippen molar-refractivity contribution in [3.05, 3.63) is 72.9 Å². The number of quaternary nitrogens is 1. The van der Waals surface area contributed by atoms with E-state index in [1.165, 1.54) is 89.9 Å². The Morgan fingerprint density at radius 1 is 0.492 bits per heavy atom. The van der Waals surface area contributed by atoms with Crippen molar-refractivity contribution in [2.45, 2.75) is 219 Å². The number of rotatable bonds is 45. The molecule has 0 rings (SSSR count). The Hall–Kier alpha value is -3.23. The fourth-order valence-corrected chi connectivity index (χ4v) is 7.15. The number of hydrogen-bond donors (Lipinski definition) is 0. The summed E-state index contributed by atoms with van der Waals surface area (Å²) in [6.07, 6.45) is 57.8. The maximum Gasteiger partial charge on any atom is 0.306 e. The van der Waals surface area contributed by atoms with E-state index < -0.39 is 18.1 Å². The van der Waals surface area contributed by atoms with E-state index in [0.29, 0.717) is 12.8 Å². The Bertz CT molecular complexity index is 1260. The van der Waals surface area contributed by atoms with Crippen molar-refractivity contribution in [3.8, 4) is 0 Å². The number of carboxylic acid groups (broad SMARTS) is 1. The standard InChI is InChI=1S/C55H95NO7/c1-6-8-10-12-14-16-18-20-22-24-25-26-27-28-30-32-34-36-38-40-42-44-46-54(58)63-51(49-61-48-47-52(55(59)60)56(3,4)5)50-62-53(57)45-43-41-39-37-35-33-31-29-23-21-19-17-15-13-11-9-7-2/h8,10,14-17,20-23,25-26,51-52H,6-7,9,11-13,18-19,24,27-50H2,1-5H3/b10-8+,16-14+,17-15+,22-20+,23-21+,26-25+. The van der Waals surface area contributed by atoms with Crippen molar-refractivity contribution < 1.29 is 38.2 Å². The SMILES string of the molecule is CC/C=C/C/C=C/C/C=C/C/C=C/CCCCCCCCCCCC(=O)OC(COCCC(C(=O)[O-])[N+](C)(C)C)COC(=O)CCCCCCCCC/C=C/C/C=C/CCCCC. The van der Waals surface area contributed by atoms with Gasteiger partial charge in [0.2, 0.25) is 0 Å². The number of likely N-dealkylation sites (N-methyl/N-ethyl adjacent to an activating group) is 1. The van der Waals surface area contributed by atoms with Crippen LogP contribution in [0.2, 0.25) is 0 Å². The van der Waals surface area contributed by atoms with Gasteiger partial charge in [0, 0.05) is 19.3 Å². The van der Waals surface area contributed by atoms with E-state index in [2.05, 4.69) is 86.8 Å². The molecule has 0 aliphatic carbocycles. The van der Waals surface area contributed by atoms with Gasteiger partial charge in [0.15, 0.2) is 6.10 Å². The minimum atomic E-state index is -1.13. The van der Waals surface area contributed by atoms with Crippen LogP contribution in [0.1, 0.15) is 206 Å². The monoisotopic (exact) mass is 882 g/mol. The topological polar surface area (TPSA) is 102 Å². The average molecular weight is 882 g/mol. The number of allylic oxidation sites excluding steroid dienone is 12. The number of carboxylic acids is 1. The van der Waals surface area contributed by atoms with Crippen molar-refractivity contribution in [1.29, 1.82) is 0 Å². The summed E-state index contributed by atoms with van der Waals surface area (Å²) in [5, 5.41) is 11.7. The van der Waals surface area contributed by atoms with Gasteiger partial charge < -0.3 is 28.6 Å². The molecule has 63 heavy (non-hydrogen) atoms. The molecule has 8 heteroatoms. The summed E-state index contributed by atoms with van der Waals surface area (Å²) in [5.41, 5.74) is 0. The quantitative estimate of drug-likeness (QED) is 0.0260. The number of nitrogens with zero attached hydrogens (tertiary/aromatic N) is 1. The molecule has 0 aromatic rings. The third kappa shape index (κ3) is 43.8. The van der Waals surface area contributed by atoms with E-state index in [4.69, 9.17) is 14.2 Å². The largest absolute Gasteiger partial charge is 0.544 e. The van der Waals surface area contributed by atoms with Gasteiger partial charge in [0.05, 0.1) is 40.3 Å². The van der Waals surface area contributed by atoms with Gasteiger partial charge in [-0.3, -0.25) is 9.59 Å². The van der Waals surface area contributed by atoms with Crippen LogP contribution in [0.15, 0.2) is 72.9 Å².